The molecule has 0 aliphatic rings. The van der Waals surface area contributed by atoms with Gasteiger partial charge in [0.2, 0.25) is 94.5 Å². The smallest absolute Gasteiger partial charge is 0.326 e. The molecule has 0 aromatic carbocycles. The topological polar surface area (TPSA) is 865 Å². The molecule has 0 saturated carbocycles. The van der Waals surface area contributed by atoms with E-state index in [4.69, 9.17) is 40.1 Å². The summed E-state index contributed by atoms with van der Waals surface area (Å²) in [6, 6.07) is -27.1. The Balaban J connectivity index is 3.72. The first-order valence-electron chi connectivity index (χ1n) is 40.0. The lowest BCUT2D eigenvalue weighted by Crippen LogP contribution is -2.63. The molecule has 37 N–H and O–H groups in total. The highest BCUT2D eigenvalue weighted by molar-refractivity contribution is 6.02. The van der Waals surface area contributed by atoms with Gasteiger partial charge in [0.05, 0.1) is 50.3 Å². The van der Waals surface area contributed by atoms with E-state index >= 15 is 0 Å². The van der Waals surface area contributed by atoms with Crippen LogP contribution in [0.1, 0.15) is 152 Å². The van der Waals surface area contributed by atoms with Crippen molar-refractivity contribution in [3.8, 4) is 0 Å². The lowest BCUT2D eigenvalue weighted by Gasteiger charge is -2.29. The minimum absolute atomic E-state index is 0.0287. The van der Waals surface area contributed by atoms with Crippen LogP contribution < -0.4 is 120 Å². The second kappa shape index (κ2) is 55.8. The minimum Gasteiger partial charge on any atom is -0.481 e. The molecule has 1 aromatic rings. The van der Waals surface area contributed by atoms with E-state index in [0.717, 1.165) is 34.6 Å². The molecule has 19 atom stereocenters. The Morgan fingerprint density at radius 1 is 0.395 bits per heavy atom. The Morgan fingerprint density at radius 2 is 0.734 bits per heavy atom. The third-order valence-electron chi connectivity index (χ3n) is 18.6. The molecular formula is C73H128N26O25. The van der Waals surface area contributed by atoms with Crippen LogP contribution in [0.3, 0.4) is 0 Å². The van der Waals surface area contributed by atoms with E-state index in [9.17, 15) is 122 Å². The molecule has 1 aromatic heterocycles. The number of hydrogen-bond donors (Lipinski definition) is 30. The number of aliphatic imine (C=N–C) groups is 2. The first-order chi connectivity index (χ1) is 57.9. The van der Waals surface area contributed by atoms with Crippen molar-refractivity contribution in [2.75, 3.05) is 32.8 Å². The number of aromatic amines is 1. The number of primary amides is 1. The van der Waals surface area contributed by atoms with Crippen LogP contribution in [0.4, 0.5) is 0 Å². The van der Waals surface area contributed by atoms with Crippen LogP contribution in [-0.4, -0.2) is 312 Å². The molecule has 16 amide bonds. The molecule has 0 aliphatic heterocycles. The number of rotatable bonds is 59. The average Bonchev–Trinajstić information content (AvgIpc) is 1.01. The van der Waals surface area contributed by atoms with Crippen LogP contribution in [-0.2, 0) is 92.7 Å². The van der Waals surface area contributed by atoms with E-state index in [2.05, 4.69) is 99.7 Å². The van der Waals surface area contributed by atoms with Crippen molar-refractivity contribution in [1.29, 1.82) is 0 Å². The fraction of sp³-hybridized carbons (Fsp3) is 0.685. The first-order valence-corrected chi connectivity index (χ1v) is 40.0. The predicted molar refractivity (Wildman–Crippen MR) is 440 cm³/mol. The summed E-state index contributed by atoms with van der Waals surface area (Å²) in [5.74, 6) is -23.4. The average molecular weight is 1770 g/mol. The minimum atomic E-state index is -2.04. The summed E-state index contributed by atoms with van der Waals surface area (Å²) < 4.78 is 0. The second-order valence-corrected chi connectivity index (χ2v) is 30.6. The lowest BCUT2D eigenvalue weighted by atomic mass is 10.0. The van der Waals surface area contributed by atoms with Gasteiger partial charge in [-0.15, -0.1) is 0 Å². The molecule has 0 spiro atoms. The summed E-state index contributed by atoms with van der Waals surface area (Å²) in [4.78, 5) is 259. The molecule has 1 heterocycles. The highest BCUT2D eigenvalue weighted by Gasteiger charge is 2.41. The number of carbonyl (C=O) groups is 18. The van der Waals surface area contributed by atoms with Gasteiger partial charge in [0, 0.05) is 37.8 Å². The van der Waals surface area contributed by atoms with Gasteiger partial charge < -0.3 is 161 Å². The van der Waals surface area contributed by atoms with Gasteiger partial charge in [0.1, 0.15) is 90.6 Å². The number of nitrogens with two attached hydrogens (primary N) is 7. The number of H-pyrrole nitrogens is 1. The number of carboxylic acids is 2. The predicted octanol–water partition coefficient (Wildman–Crippen LogP) is -12.9. The van der Waals surface area contributed by atoms with Crippen LogP contribution in [0.15, 0.2) is 22.5 Å². The number of aliphatic hydroxyl groups excluding tert-OH is 5. The third-order valence-corrected chi connectivity index (χ3v) is 18.6. The highest BCUT2D eigenvalue weighted by Crippen LogP contribution is 2.14. The van der Waals surface area contributed by atoms with Gasteiger partial charge in [-0.1, -0.05) is 41.5 Å². The Kier molecular flexibility index (Phi) is 49.5. The fourth-order valence-electron chi connectivity index (χ4n) is 11.4. The van der Waals surface area contributed by atoms with Gasteiger partial charge in [0.25, 0.3) is 0 Å². The zero-order valence-electron chi connectivity index (χ0n) is 71.2. The van der Waals surface area contributed by atoms with Crippen molar-refractivity contribution >= 4 is 118 Å². The molecule has 51 heteroatoms. The molecule has 0 radical (unpaired) electrons. The van der Waals surface area contributed by atoms with E-state index < -0.39 is 290 Å². The number of carbonyl (C=O) groups excluding carboxylic acids is 16. The van der Waals surface area contributed by atoms with Gasteiger partial charge in [-0.2, -0.15) is 0 Å². The molecule has 0 aliphatic carbocycles. The van der Waals surface area contributed by atoms with Crippen LogP contribution >= 0.6 is 0 Å². The van der Waals surface area contributed by atoms with Gasteiger partial charge in [0.15, 0.2) is 11.9 Å². The normalized spacial score (nSPS) is 15.8. The van der Waals surface area contributed by atoms with Crippen LogP contribution in [0.5, 0.6) is 0 Å². The number of aromatic nitrogens is 2. The molecule has 51 nitrogen and oxygen atoms in total. The summed E-state index contributed by atoms with van der Waals surface area (Å²) in [5.41, 5.74) is 39.5. The van der Waals surface area contributed by atoms with Crippen molar-refractivity contribution in [1.82, 2.24) is 89.7 Å². The monoisotopic (exact) mass is 1770 g/mol. The Labute approximate surface area is 714 Å². The maximum atomic E-state index is 14.6. The molecule has 0 saturated heterocycles. The number of aliphatic carboxylic acids is 2. The van der Waals surface area contributed by atoms with Gasteiger partial charge in [-0.05, 0) is 117 Å². The standard InChI is InChI=1S/C73H128N26O25/c1-31(2)24-44(91-61(113)43(19-20-50(106)107)88-66(118)48(29-101)95-67(119)51(76)32(3)4)63(115)98-53(36(9)102)69(121)90-42(18-15-23-83-73(79)80)60(112)93-46(26-49(75)105)62(114)92-45(25-39-27-81-30-84-39)64(116)99-54(37(10)103)68(120)89-40(16-12-13-21-74)59(111)87-41(17-14-22-82-72(77)78)58(110)85-34(7)56(108)94-47(28-100)65(117)86-35(8)57(109)97-55(38(11)104)70(122)96-52(33(5)6)71(123)124/h27,30-38,40-48,51-55,100-104H,12-26,28-29,74,76H2,1-11H3,(H2,75,105)(H,81,84)(H,85,110)(H,86,117)(H,87,111)(H,88,118)(H,89,120)(H,90,121)(H,91,113)(H,92,114)(H,93,112)(H,94,108)(H,95,119)(H,96,122)(H,97,109)(H,98,115)(H,99,116)(H,106,107)(H,123,124)(H4,77,78,82)(H4,79,80,83)/t34-,35-,36+,37+,38+,40-,41-,42-,43-,44-,45-,46-,47-,48-,51-,52-,53-,54-,55-/m0/s1. The maximum Gasteiger partial charge on any atom is 0.326 e. The van der Waals surface area contributed by atoms with Gasteiger partial charge in [-0.25, -0.2) is 9.78 Å². The van der Waals surface area contributed by atoms with Crippen molar-refractivity contribution in [3.63, 3.8) is 0 Å². The number of carboxylic acid groups (broad SMARTS) is 2. The summed E-state index contributed by atoms with van der Waals surface area (Å²) in [6.07, 6.45) is -6.61. The summed E-state index contributed by atoms with van der Waals surface area (Å²) in [6.45, 7) is 12.7. The van der Waals surface area contributed by atoms with Gasteiger partial charge in [-0.3, -0.25) is 91.5 Å². The molecule has 0 fully saturated rings. The van der Waals surface area contributed by atoms with Crippen molar-refractivity contribution in [2.45, 2.75) is 268 Å². The van der Waals surface area contributed by atoms with Crippen LogP contribution in [0.2, 0.25) is 0 Å². The van der Waals surface area contributed by atoms with Crippen LogP contribution in [0.25, 0.3) is 0 Å². The van der Waals surface area contributed by atoms with E-state index in [1.54, 1.807) is 27.7 Å². The number of unbranched alkanes of at least 4 members (excludes halogenated alkanes) is 1. The van der Waals surface area contributed by atoms with Crippen molar-refractivity contribution in [2.24, 2.45) is 67.9 Å². The third kappa shape index (κ3) is 40.7. The number of imidazole rings is 1. The number of aliphatic hydroxyl groups is 5. The fourth-order valence-corrected chi connectivity index (χ4v) is 11.4. The van der Waals surface area contributed by atoms with Crippen molar-refractivity contribution in [3.05, 3.63) is 18.2 Å². The summed E-state index contributed by atoms with van der Waals surface area (Å²) >= 11 is 0. The number of nitrogens with zero attached hydrogens (tertiary/aromatic N) is 3. The molecule has 0 bridgehead atoms. The number of amides is 16. The molecule has 1 rings (SSSR count). The van der Waals surface area contributed by atoms with Crippen molar-refractivity contribution < 1.29 is 122 Å². The van der Waals surface area contributed by atoms with E-state index in [1.165, 1.54) is 26.4 Å². The Hall–Kier alpha value is -12.1. The van der Waals surface area contributed by atoms with E-state index in [0.29, 0.717) is 0 Å². The number of nitrogens with one attached hydrogen (secondary N) is 16. The van der Waals surface area contributed by atoms with E-state index in [1.807, 2.05) is 0 Å². The zero-order valence-corrected chi connectivity index (χ0v) is 71.2. The Bertz CT molecular complexity index is 3800. The molecule has 0 unspecified atom stereocenters. The second-order valence-electron chi connectivity index (χ2n) is 30.6. The van der Waals surface area contributed by atoms with Crippen LogP contribution in [0, 0.1) is 17.8 Å². The summed E-state index contributed by atoms with van der Waals surface area (Å²) in [7, 11) is 0. The van der Waals surface area contributed by atoms with E-state index in [-0.39, 0.29) is 76.2 Å². The summed E-state index contributed by atoms with van der Waals surface area (Å²) in [5, 5.41) is 107. The first kappa shape index (κ1) is 110. The SMILES string of the molecule is CC(C)C[C@H](NC(=O)[C@H](CCC(=O)O)NC(=O)[C@H](CO)NC(=O)[C@@H](N)C(C)C)C(=O)N[C@H](C(=O)N[C@@H](CCCN=C(N)N)C(=O)N[C@@H](CC(N)=O)C(=O)N[C@@H](Cc1cnc[nH]1)C(=O)N[C@H](C(=O)N[C@@H](CCCCN)C(=O)N[C@@H](CCCN=C(N)N)C(=O)N[C@@H](C)C(=O)N[C@@H](CO)C(=O)N[C@@H](C)C(=O)N[C@H](C(=O)N[C@H](C(=O)O)C(C)C)[C@@H](C)O)[C@@H](C)O)[C@@H](C)O. The lowest BCUT2D eigenvalue weighted by molar-refractivity contribution is -0.144. The zero-order chi connectivity index (χ0) is 94.7. The van der Waals surface area contributed by atoms with Gasteiger partial charge >= 0.3 is 11.9 Å². The molecular weight excluding hydrogens is 1640 g/mol. The number of hydrogen-bond acceptors (Lipinski definition) is 28. The maximum absolute atomic E-state index is 14.6. The quantitative estimate of drug-likeness (QED) is 0.0164. The molecule has 124 heavy (non-hydrogen) atoms. The number of guanidine groups is 2. The largest absolute Gasteiger partial charge is 0.481 e. The Morgan fingerprint density at radius 3 is 1.12 bits per heavy atom. The highest BCUT2D eigenvalue weighted by atomic mass is 16.4. The molecule has 700 valence electrons.